The van der Waals surface area contributed by atoms with Gasteiger partial charge in [-0.25, -0.2) is 0 Å². The van der Waals surface area contributed by atoms with Crippen LogP contribution in [0.2, 0.25) is 0 Å². The number of anilines is 1. The Morgan fingerprint density at radius 1 is 1.29 bits per heavy atom. The van der Waals surface area contributed by atoms with E-state index in [1.54, 1.807) is 0 Å². The maximum Gasteiger partial charge on any atom is 0.303 e. The minimum absolute atomic E-state index is 0.0765. The van der Waals surface area contributed by atoms with Crippen LogP contribution in [0.5, 0.6) is 0 Å². The van der Waals surface area contributed by atoms with Crippen LogP contribution in [0.25, 0.3) is 0 Å². The second-order valence-corrected chi connectivity index (χ2v) is 5.47. The molecule has 21 heavy (non-hydrogen) atoms. The molecule has 0 spiro atoms. The molecule has 1 aromatic carbocycles. The Labute approximate surface area is 125 Å². The van der Waals surface area contributed by atoms with Gasteiger partial charge in [-0.05, 0) is 38.3 Å². The van der Waals surface area contributed by atoms with Gasteiger partial charge < -0.3 is 15.3 Å². The van der Waals surface area contributed by atoms with Gasteiger partial charge in [0, 0.05) is 31.7 Å². The zero-order valence-electron chi connectivity index (χ0n) is 12.4. The van der Waals surface area contributed by atoms with Crippen molar-refractivity contribution in [1.82, 2.24) is 5.32 Å². The Kier molecular flexibility index (Phi) is 5.20. The molecule has 0 bridgehead atoms. The monoisotopic (exact) mass is 290 g/mol. The maximum atomic E-state index is 12.3. The summed E-state index contributed by atoms with van der Waals surface area (Å²) in [6.07, 6.45) is 2.85. The maximum absolute atomic E-state index is 12.3. The molecule has 2 rings (SSSR count). The van der Waals surface area contributed by atoms with E-state index in [1.165, 1.54) is 0 Å². The first-order chi connectivity index (χ1) is 10.1. The molecule has 0 aliphatic carbocycles. The highest BCUT2D eigenvalue weighted by molar-refractivity contribution is 6.00. The predicted octanol–water partition coefficient (Wildman–Crippen LogP) is 2.19. The molecule has 0 atom stereocenters. The Morgan fingerprint density at radius 3 is 2.67 bits per heavy atom. The summed E-state index contributed by atoms with van der Waals surface area (Å²) in [5.74, 6) is -0.955. The van der Waals surface area contributed by atoms with E-state index < -0.39 is 5.97 Å². The lowest BCUT2D eigenvalue weighted by atomic mass is 10.1. The van der Waals surface area contributed by atoms with E-state index >= 15 is 0 Å². The number of nitrogens with zero attached hydrogens (tertiary/aromatic N) is 1. The average molecular weight is 290 g/mol. The van der Waals surface area contributed by atoms with Crippen molar-refractivity contribution >= 4 is 17.6 Å². The summed E-state index contributed by atoms with van der Waals surface area (Å²) in [5, 5.41) is 11.4. The standard InChI is InChI=1S/C16H22N2O3/c1-12-6-7-14(18-9-2-3-10-18)13(11-12)16(21)17-8-4-5-15(19)20/h6-7,11H,2-5,8-10H2,1H3,(H,17,21)(H,19,20). The Balaban J connectivity index is 2.04. The third-order valence-electron chi connectivity index (χ3n) is 3.70. The fourth-order valence-electron chi connectivity index (χ4n) is 2.60. The summed E-state index contributed by atoms with van der Waals surface area (Å²) in [5.41, 5.74) is 2.72. The Hall–Kier alpha value is -2.04. The molecule has 0 saturated carbocycles. The highest BCUT2D eigenvalue weighted by Gasteiger charge is 2.19. The molecule has 1 aromatic rings. The number of benzene rings is 1. The quantitative estimate of drug-likeness (QED) is 0.788. The van der Waals surface area contributed by atoms with Crippen molar-refractivity contribution in [2.75, 3.05) is 24.5 Å². The van der Waals surface area contributed by atoms with Crippen molar-refractivity contribution in [2.24, 2.45) is 0 Å². The summed E-state index contributed by atoms with van der Waals surface area (Å²) in [7, 11) is 0. The molecule has 1 amide bonds. The minimum Gasteiger partial charge on any atom is -0.481 e. The number of aryl methyl sites for hydroxylation is 1. The number of carboxylic acids is 1. The van der Waals surface area contributed by atoms with Gasteiger partial charge in [0.1, 0.15) is 0 Å². The van der Waals surface area contributed by atoms with Crippen LogP contribution in [0.1, 0.15) is 41.6 Å². The Morgan fingerprint density at radius 2 is 2.00 bits per heavy atom. The fourth-order valence-corrected chi connectivity index (χ4v) is 2.60. The Bertz CT molecular complexity index is 522. The zero-order chi connectivity index (χ0) is 15.2. The molecule has 5 heteroatoms. The largest absolute Gasteiger partial charge is 0.481 e. The molecule has 1 aliphatic heterocycles. The highest BCUT2D eigenvalue weighted by Crippen LogP contribution is 2.25. The molecule has 2 N–H and O–H groups in total. The van der Waals surface area contributed by atoms with Gasteiger partial charge in [0.15, 0.2) is 0 Å². The van der Waals surface area contributed by atoms with Gasteiger partial charge >= 0.3 is 5.97 Å². The third-order valence-corrected chi connectivity index (χ3v) is 3.70. The molecular formula is C16H22N2O3. The van der Waals surface area contributed by atoms with Gasteiger partial charge in [-0.15, -0.1) is 0 Å². The van der Waals surface area contributed by atoms with Crippen molar-refractivity contribution in [3.05, 3.63) is 29.3 Å². The third kappa shape index (κ3) is 4.21. The number of aliphatic carboxylic acids is 1. The van der Waals surface area contributed by atoms with Gasteiger partial charge in [0.2, 0.25) is 0 Å². The molecule has 1 fully saturated rings. The first kappa shape index (κ1) is 15.4. The topological polar surface area (TPSA) is 69.6 Å². The molecule has 0 unspecified atom stereocenters. The normalized spacial score (nSPS) is 14.2. The summed E-state index contributed by atoms with van der Waals surface area (Å²) in [4.78, 5) is 25.0. The summed E-state index contributed by atoms with van der Waals surface area (Å²) < 4.78 is 0. The van der Waals surface area contributed by atoms with Crippen LogP contribution in [0, 0.1) is 6.92 Å². The van der Waals surface area contributed by atoms with Crippen molar-refractivity contribution in [1.29, 1.82) is 0 Å². The van der Waals surface area contributed by atoms with Gasteiger partial charge in [0.05, 0.1) is 5.56 Å². The number of carbonyl (C=O) groups is 2. The van der Waals surface area contributed by atoms with Crippen molar-refractivity contribution in [3.8, 4) is 0 Å². The SMILES string of the molecule is Cc1ccc(N2CCCC2)c(C(=O)NCCCC(=O)O)c1. The molecular weight excluding hydrogens is 268 g/mol. The smallest absolute Gasteiger partial charge is 0.303 e. The molecule has 1 saturated heterocycles. The lowest BCUT2D eigenvalue weighted by Crippen LogP contribution is -2.28. The van der Waals surface area contributed by atoms with Crippen molar-refractivity contribution in [3.63, 3.8) is 0 Å². The lowest BCUT2D eigenvalue weighted by Gasteiger charge is -2.21. The number of amides is 1. The number of hydrogen-bond donors (Lipinski definition) is 2. The zero-order valence-corrected chi connectivity index (χ0v) is 12.4. The molecule has 114 valence electrons. The van der Waals surface area contributed by atoms with Crippen LogP contribution in [-0.4, -0.2) is 36.6 Å². The predicted molar refractivity (Wildman–Crippen MR) is 81.8 cm³/mol. The van der Waals surface area contributed by atoms with E-state index in [0.717, 1.165) is 37.2 Å². The minimum atomic E-state index is -0.836. The van der Waals surface area contributed by atoms with E-state index in [2.05, 4.69) is 10.2 Å². The van der Waals surface area contributed by atoms with E-state index in [4.69, 9.17) is 5.11 Å². The first-order valence-corrected chi connectivity index (χ1v) is 7.43. The molecule has 0 radical (unpaired) electrons. The van der Waals surface area contributed by atoms with E-state index in [9.17, 15) is 9.59 Å². The van der Waals surface area contributed by atoms with E-state index in [0.29, 0.717) is 18.5 Å². The van der Waals surface area contributed by atoms with Crippen LogP contribution < -0.4 is 10.2 Å². The van der Waals surface area contributed by atoms with E-state index in [1.807, 2.05) is 25.1 Å². The van der Waals surface area contributed by atoms with Crippen LogP contribution in [0.3, 0.4) is 0 Å². The summed E-state index contributed by atoms with van der Waals surface area (Å²) >= 11 is 0. The summed E-state index contributed by atoms with van der Waals surface area (Å²) in [6, 6.07) is 5.93. The summed E-state index contributed by atoms with van der Waals surface area (Å²) in [6.45, 7) is 4.33. The molecule has 1 heterocycles. The van der Waals surface area contributed by atoms with Crippen molar-refractivity contribution < 1.29 is 14.7 Å². The number of carboxylic acid groups (broad SMARTS) is 1. The second kappa shape index (κ2) is 7.11. The molecule has 1 aliphatic rings. The number of nitrogens with one attached hydrogen (secondary N) is 1. The van der Waals surface area contributed by atoms with E-state index in [-0.39, 0.29) is 12.3 Å². The second-order valence-electron chi connectivity index (χ2n) is 5.47. The van der Waals surface area contributed by atoms with Gasteiger partial charge in [0.25, 0.3) is 5.91 Å². The fraction of sp³-hybridized carbons (Fsp3) is 0.500. The van der Waals surface area contributed by atoms with Crippen LogP contribution in [0.4, 0.5) is 5.69 Å². The van der Waals surface area contributed by atoms with Crippen LogP contribution >= 0.6 is 0 Å². The van der Waals surface area contributed by atoms with Crippen molar-refractivity contribution in [2.45, 2.75) is 32.6 Å². The average Bonchev–Trinajstić information content (AvgIpc) is 2.97. The van der Waals surface area contributed by atoms with Crippen LogP contribution in [-0.2, 0) is 4.79 Å². The molecule has 5 nitrogen and oxygen atoms in total. The van der Waals surface area contributed by atoms with Gasteiger partial charge in [-0.1, -0.05) is 11.6 Å². The lowest BCUT2D eigenvalue weighted by molar-refractivity contribution is -0.137. The van der Waals surface area contributed by atoms with Gasteiger partial charge in [-0.3, -0.25) is 9.59 Å². The number of hydrogen-bond acceptors (Lipinski definition) is 3. The first-order valence-electron chi connectivity index (χ1n) is 7.43. The van der Waals surface area contributed by atoms with Gasteiger partial charge in [-0.2, -0.15) is 0 Å². The molecule has 0 aromatic heterocycles. The number of carbonyl (C=O) groups excluding carboxylic acids is 1. The van der Waals surface area contributed by atoms with Crippen LogP contribution in [0.15, 0.2) is 18.2 Å². The number of rotatable bonds is 6. The highest BCUT2D eigenvalue weighted by atomic mass is 16.4.